The van der Waals surface area contributed by atoms with Crippen molar-refractivity contribution >= 4 is 5.97 Å². The third kappa shape index (κ3) is 12.6. The molecule has 0 aliphatic carbocycles. The molecule has 0 amide bonds. The van der Waals surface area contributed by atoms with E-state index in [-0.39, 0.29) is 6.61 Å². The van der Waals surface area contributed by atoms with Crippen LogP contribution in [0.15, 0.2) is 30.3 Å². The van der Waals surface area contributed by atoms with Gasteiger partial charge in [-0.05, 0) is 26.3 Å². The molecule has 0 aromatic heterocycles. The second-order valence-electron chi connectivity index (χ2n) is 5.50. The van der Waals surface area contributed by atoms with Gasteiger partial charge in [0.2, 0.25) is 0 Å². The first-order valence-corrected chi connectivity index (χ1v) is 6.84. The van der Waals surface area contributed by atoms with Gasteiger partial charge in [-0.1, -0.05) is 30.3 Å². The lowest BCUT2D eigenvalue weighted by atomic mass is 10.2. The average molecular weight is 335 g/mol. The Bertz CT molecular complexity index is 437. The van der Waals surface area contributed by atoms with Crippen LogP contribution >= 0.6 is 0 Å². The molecule has 1 atom stereocenters. The minimum atomic E-state index is -2.94. The first-order valence-electron chi connectivity index (χ1n) is 6.84. The van der Waals surface area contributed by atoms with Gasteiger partial charge in [-0.3, -0.25) is 10.1 Å². The Morgan fingerprint density at radius 3 is 2.22 bits per heavy atom. The van der Waals surface area contributed by atoms with E-state index in [0.29, 0.717) is 0 Å². The molecule has 6 nitrogen and oxygen atoms in total. The summed E-state index contributed by atoms with van der Waals surface area (Å²) in [6.45, 7) is 1.86. The molecule has 1 rings (SSSR count). The smallest absolute Gasteiger partial charge is 0.345 e. The Hall–Kier alpha value is -1.61. The Labute approximate surface area is 134 Å². The number of hydrogen-bond donors (Lipinski definition) is 2. The van der Waals surface area contributed by atoms with Gasteiger partial charge in [0.15, 0.2) is 0 Å². The summed E-state index contributed by atoms with van der Waals surface area (Å²) in [5.41, 5.74) is 5.69. The zero-order valence-electron chi connectivity index (χ0n) is 13.4. The molecule has 0 saturated heterocycles. The van der Waals surface area contributed by atoms with E-state index in [9.17, 15) is 13.6 Å². The van der Waals surface area contributed by atoms with Crippen LogP contribution in [0.1, 0.15) is 26.3 Å². The maximum Gasteiger partial charge on any atom is 0.345 e. The maximum atomic E-state index is 11.7. The highest BCUT2D eigenvalue weighted by Crippen LogP contribution is 2.03. The molecule has 0 aliphatic heterocycles. The van der Waals surface area contributed by atoms with Crippen molar-refractivity contribution in [3.8, 4) is 0 Å². The van der Waals surface area contributed by atoms with E-state index in [1.165, 1.54) is 0 Å². The zero-order valence-corrected chi connectivity index (χ0v) is 13.4. The van der Waals surface area contributed by atoms with E-state index in [4.69, 9.17) is 15.7 Å². The summed E-state index contributed by atoms with van der Waals surface area (Å²) in [5, 5.41) is 7.90. The topological polar surface area (TPSA) is 91.0 Å². The highest BCUT2D eigenvalue weighted by molar-refractivity contribution is 5.75. The molecule has 0 spiro atoms. The predicted octanol–water partition coefficient (Wildman–Crippen LogP) is 2.57. The summed E-state index contributed by atoms with van der Waals surface area (Å²) in [6, 6.07) is 7.76. The second-order valence-corrected chi connectivity index (χ2v) is 5.50. The van der Waals surface area contributed by atoms with Gasteiger partial charge < -0.3 is 15.2 Å². The fourth-order valence-electron chi connectivity index (χ4n) is 1.08. The Kier molecular flexibility index (Phi) is 10.2. The van der Waals surface area contributed by atoms with Crippen molar-refractivity contribution in [3.63, 3.8) is 0 Å². The van der Waals surface area contributed by atoms with E-state index in [2.05, 4.69) is 9.62 Å². The van der Waals surface area contributed by atoms with Crippen molar-refractivity contribution in [1.82, 2.24) is 0 Å². The van der Waals surface area contributed by atoms with E-state index in [1.54, 1.807) is 45.0 Å². The Morgan fingerprint density at radius 1 is 1.26 bits per heavy atom. The van der Waals surface area contributed by atoms with Gasteiger partial charge in [0.05, 0.1) is 12.2 Å². The predicted molar refractivity (Wildman–Crippen MR) is 79.6 cm³/mol. The van der Waals surface area contributed by atoms with Crippen LogP contribution in [0.2, 0.25) is 0 Å². The lowest BCUT2D eigenvalue weighted by Crippen LogP contribution is -2.37. The van der Waals surface area contributed by atoms with Crippen molar-refractivity contribution < 1.29 is 33.2 Å². The lowest BCUT2D eigenvalue weighted by molar-refractivity contribution is -0.306. The second kappa shape index (κ2) is 11.0. The van der Waals surface area contributed by atoms with Crippen molar-refractivity contribution in [2.24, 2.45) is 5.73 Å². The zero-order chi connectivity index (χ0) is 17.9. The fourth-order valence-corrected chi connectivity index (χ4v) is 1.08. The van der Waals surface area contributed by atoms with Crippen molar-refractivity contribution in [2.75, 3.05) is 6.61 Å². The number of ether oxygens (including phenoxy) is 2. The fraction of sp³-hybridized carbons (Fsp3) is 0.533. The number of esters is 1. The van der Waals surface area contributed by atoms with Gasteiger partial charge >= 0.3 is 12.6 Å². The molecule has 0 saturated carbocycles. The molecule has 8 heteroatoms. The van der Waals surface area contributed by atoms with Gasteiger partial charge in [-0.25, -0.2) is 4.89 Å². The standard InChI is InChI=1S/C11H13F2NO3.C4H10O2/c12-11(13)17-7-9(14)10(15)16-6-8-4-2-1-3-5-8;1-4(2,3)6-5/h1-5,9,11H,6-7,14H2;5H,1-3H3/t9-;/m0./s1. The summed E-state index contributed by atoms with van der Waals surface area (Å²) in [7, 11) is 0. The number of benzene rings is 1. The maximum absolute atomic E-state index is 11.7. The summed E-state index contributed by atoms with van der Waals surface area (Å²) >= 11 is 0. The molecule has 3 N–H and O–H groups in total. The Balaban J connectivity index is 0.000000688. The number of nitrogens with two attached hydrogens (primary N) is 1. The monoisotopic (exact) mass is 335 g/mol. The molecule has 0 aliphatic rings. The third-order valence-corrected chi connectivity index (χ3v) is 2.20. The SMILES string of the molecule is CC(C)(C)OO.N[C@@H](COC(F)F)C(=O)OCc1ccccc1. The van der Waals surface area contributed by atoms with Gasteiger partial charge in [0.1, 0.15) is 12.6 Å². The molecule has 0 fully saturated rings. The highest BCUT2D eigenvalue weighted by atomic mass is 19.3. The van der Waals surface area contributed by atoms with Gasteiger partial charge in [0, 0.05) is 0 Å². The summed E-state index contributed by atoms with van der Waals surface area (Å²) < 4.78 is 32.1. The van der Waals surface area contributed by atoms with Crippen LogP contribution in [-0.4, -0.2) is 36.1 Å². The third-order valence-electron chi connectivity index (χ3n) is 2.20. The number of carbonyl (C=O) groups is 1. The Morgan fingerprint density at radius 2 is 1.78 bits per heavy atom. The van der Waals surface area contributed by atoms with Gasteiger partial charge in [-0.15, -0.1) is 0 Å². The number of carbonyl (C=O) groups excluding carboxylic acids is 1. The number of alkyl halides is 2. The summed E-state index contributed by atoms with van der Waals surface area (Å²) in [5.74, 6) is -0.769. The van der Waals surface area contributed by atoms with Crippen LogP contribution in [0.5, 0.6) is 0 Å². The van der Waals surface area contributed by atoms with E-state index in [1.807, 2.05) is 6.07 Å². The van der Waals surface area contributed by atoms with Crippen LogP contribution in [-0.2, 0) is 25.8 Å². The van der Waals surface area contributed by atoms with Crippen LogP contribution in [0, 0.1) is 0 Å². The number of halogens is 2. The first-order chi connectivity index (χ1) is 10.7. The minimum absolute atomic E-state index is 0.0576. The normalized spacial score (nSPS) is 12.3. The van der Waals surface area contributed by atoms with Gasteiger partial charge in [0.25, 0.3) is 0 Å². The van der Waals surface area contributed by atoms with Crippen molar-refractivity contribution in [1.29, 1.82) is 0 Å². The van der Waals surface area contributed by atoms with Crippen LogP contribution in [0.25, 0.3) is 0 Å². The molecular weight excluding hydrogens is 312 g/mol. The molecule has 23 heavy (non-hydrogen) atoms. The molecule has 1 aromatic rings. The van der Waals surface area contributed by atoms with Crippen LogP contribution in [0.3, 0.4) is 0 Å². The highest BCUT2D eigenvalue weighted by Gasteiger charge is 2.17. The lowest BCUT2D eigenvalue weighted by Gasteiger charge is -2.11. The minimum Gasteiger partial charge on any atom is -0.460 e. The van der Waals surface area contributed by atoms with E-state index in [0.717, 1.165) is 5.56 Å². The van der Waals surface area contributed by atoms with Crippen LogP contribution in [0.4, 0.5) is 8.78 Å². The summed E-state index contributed by atoms with van der Waals surface area (Å²) in [6.07, 6.45) is 0. The van der Waals surface area contributed by atoms with E-state index >= 15 is 0 Å². The molecule has 0 heterocycles. The average Bonchev–Trinajstić information content (AvgIpc) is 2.51. The van der Waals surface area contributed by atoms with Crippen molar-refractivity contribution in [2.45, 2.75) is 45.6 Å². The molecular formula is C15H23F2NO5. The first kappa shape index (κ1) is 21.4. The molecule has 0 unspecified atom stereocenters. The van der Waals surface area contributed by atoms with E-state index < -0.39 is 30.8 Å². The van der Waals surface area contributed by atoms with Crippen molar-refractivity contribution in [3.05, 3.63) is 35.9 Å². The molecule has 0 bridgehead atoms. The quantitative estimate of drug-likeness (QED) is 0.472. The van der Waals surface area contributed by atoms with Gasteiger partial charge in [-0.2, -0.15) is 8.78 Å². The molecule has 132 valence electrons. The largest absolute Gasteiger partial charge is 0.460 e. The molecule has 1 aromatic carbocycles. The number of hydrogen-bond acceptors (Lipinski definition) is 6. The summed E-state index contributed by atoms with van der Waals surface area (Å²) in [4.78, 5) is 15.2. The van der Waals surface area contributed by atoms with Crippen LogP contribution < -0.4 is 5.73 Å². The molecule has 0 radical (unpaired) electrons. The number of rotatable bonds is 6.